The highest BCUT2D eigenvalue weighted by Gasteiger charge is 2.18. The fourth-order valence-corrected chi connectivity index (χ4v) is 1.06. The van der Waals surface area contributed by atoms with Crippen LogP contribution in [0.15, 0.2) is 0 Å². The minimum Gasteiger partial charge on any atom is -0.324 e. The fraction of sp³-hybridized carbons (Fsp3) is 0.667. The molecule has 0 aliphatic carbocycles. The highest BCUT2D eigenvalue weighted by Crippen LogP contribution is 2.42. The van der Waals surface area contributed by atoms with Gasteiger partial charge in [0.1, 0.15) is 6.10 Å². The Kier molecular flexibility index (Phi) is 3.67. The van der Waals surface area contributed by atoms with Crippen molar-refractivity contribution < 1.29 is 14.0 Å². The molecule has 10 heavy (non-hydrogen) atoms. The molecular weight excluding hydrogens is 151 g/mol. The molecule has 4 heteroatoms. The Morgan fingerprint density at radius 2 is 2.40 bits per heavy atom. The Morgan fingerprint density at radius 1 is 1.90 bits per heavy atom. The number of hydrogen-bond donors (Lipinski definition) is 1. The van der Waals surface area contributed by atoms with Crippen molar-refractivity contribution >= 4 is 7.60 Å². The molecule has 0 fully saturated rings. The lowest BCUT2D eigenvalue weighted by atomic mass is 10.4. The molecule has 58 valence electrons. The van der Waals surface area contributed by atoms with Crippen LogP contribution < -0.4 is 0 Å². The predicted molar refractivity (Wildman–Crippen MR) is 39.7 cm³/mol. The summed E-state index contributed by atoms with van der Waals surface area (Å²) in [5.41, 5.74) is 0. The largest absolute Gasteiger partial charge is 0.329 e. The molecular formula is C6H11O3P. The molecule has 0 heterocycles. The van der Waals surface area contributed by atoms with Crippen LogP contribution in [0.3, 0.4) is 0 Å². The van der Waals surface area contributed by atoms with Gasteiger partial charge in [0.15, 0.2) is 0 Å². The smallest absolute Gasteiger partial charge is 0.324 e. The van der Waals surface area contributed by atoms with Crippen LogP contribution in [0.4, 0.5) is 0 Å². The third-order valence-electron chi connectivity index (χ3n) is 0.957. The normalized spacial score (nSPS) is 19.0. The van der Waals surface area contributed by atoms with E-state index in [0.29, 0.717) is 0 Å². The van der Waals surface area contributed by atoms with Crippen LogP contribution in [0.25, 0.3) is 0 Å². The van der Waals surface area contributed by atoms with Crippen molar-refractivity contribution in [1.82, 2.24) is 0 Å². The number of hydrogen-bond acceptors (Lipinski definition) is 2. The maximum Gasteiger partial charge on any atom is 0.329 e. The molecule has 0 aromatic rings. The molecule has 0 saturated carbocycles. The van der Waals surface area contributed by atoms with Crippen molar-refractivity contribution in [2.24, 2.45) is 0 Å². The van der Waals surface area contributed by atoms with Crippen LogP contribution in [0, 0.1) is 12.3 Å². The Bertz CT molecular complexity index is 182. The van der Waals surface area contributed by atoms with E-state index in [9.17, 15) is 4.57 Å². The van der Waals surface area contributed by atoms with Gasteiger partial charge in [-0.25, -0.2) is 0 Å². The summed E-state index contributed by atoms with van der Waals surface area (Å²) < 4.78 is 15.4. The van der Waals surface area contributed by atoms with Crippen LogP contribution in [0.1, 0.15) is 13.8 Å². The third kappa shape index (κ3) is 3.68. The standard InChI is InChI=1S/C6H11O3P/c1-4-6(3)9-10(7,8)5-2/h1,6H,5H2,2-3H3,(H,7,8). The molecule has 0 aliphatic heterocycles. The Morgan fingerprint density at radius 3 is 2.70 bits per heavy atom. The SMILES string of the molecule is C#CC(C)OP(=O)(O)CC. The van der Waals surface area contributed by atoms with E-state index < -0.39 is 13.7 Å². The first-order valence-electron chi connectivity index (χ1n) is 2.98. The van der Waals surface area contributed by atoms with E-state index in [2.05, 4.69) is 10.4 Å². The zero-order valence-corrected chi connectivity index (χ0v) is 6.97. The lowest BCUT2D eigenvalue weighted by Crippen LogP contribution is -2.03. The van der Waals surface area contributed by atoms with E-state index in [1.165, 1.54) is 0 Å². The van der Waals surface area contributed by atoms with E-state index in [1.54, 1.807) is 13.8 Å². The topological polar surface area (TPSA) is 46.5 Å². The van der Waals surface area contributed by atoms with Crippen molar-refractivity contribution in [2.45, 2.75) is 20.0 Å². The summed E-state index contributed by atoms with van der Waals surface area (Å²) in [5, 5.41) is 0. The molecule has 0 aromatic carbocycles. The summed E-state index contributed by atoms with van der Waals surface area (Å²) >= 11 is 0. The minimum atomic E-state index is -3.39. The van der Waals surface area contributed by atoms with Crippen molar-refractivity contribution in [3.63, 3.8) is 0 Å². The summed E-state index contributed by atoms with van der Waals surface area (Å²) in [6.45, 7) is 3.13. The second kappa shape index (κ2) is 3.78. The minimum absolute atomic E-state index is 0.0962. The molecule has 0 saturated heterocycles. The monoisotopic (exact) mass is 162 g/mol. The zero-order valence-electron chi connectivity index (χ0n) is 6.07. The van der Waals surface area contributed by atoms with E-state index in [1.807, 2.05) is 0 Å². The lowest BCUT2D eigenvalue weighted by Gasteiger charge is -2.11. The van der Waals surface area contributed by atoms with Gasteiger partial charge in [-0.05, 0) is 6.92 Å². The first kappa shape index (κ1) is 9.71. The van der Waals surface area contributed by atoms with Crippen LogP contribution in [0.5, 0.6) is 0 Å². The third-order valence-corrected chi connectivity index (χ3v) is 2.40. The summed E-state index contributed by atoms with van der Waals surface area (Å²) in [4.78, 5) is 8.86. The highest BCUT2D eigenvalue weighted by molar-refractivity contribution is 7.52. The summed E-state index contributed by atoms with van der Waals surface area (Å²) in [6.07, 6.45) is 4.44. The van der Waals surface area contributed by atoms with Gasteiger partial charge in [-0.15, -0.1) is 6.42 Å². The molecule has 0 aliphatic rings. The zero-order chi connectivity index (χ0) is 8.20. The molecule has 0 rings (SSSR count). The van der Waals surface area contributed by atoms with Gasteiger partial charge in [0, 0.05) is 6.16 Å². The van der Waals surface area contributed by atoms with Gasteiger partial charge < -0.3 is 4.89 Å². The highest BCUT2D eigenvalue weighted by atomic mass is 31.2. The second-order valence-corrected chi connectivity index (χ2v) is 3.99. The van der Waals surface area contributed by atoms with Gasteiger partial charge in [0.05, 0.1) is 0 Å². The second-order valence-electron chi connectivity index (χ2n) is 1.87. The van der Waals surface area contributed by atoms with Gasteiger partial charge in [-0.1, -0.05) is 12.8 Å². The molecule has 2 atom stereocenters. The van der Waals surface area contributed by atoms with Gasteiger partial charge in [-0.3, -0.25) is 9.09 Å². The van der Waals surface area contributed by atoms with Gasteiger partial charge in [0.2, 0.25) is 0 Å². The quantitative estimate of drug-likeness (QED) is 0.501. The average Bonchev–Trinajstić information content (AvgIpc) is 1.87. The maximum absolute atomic E-state index is 10.8. The molecule has 0 aromatic heterocycles. The van der Waals surface area contributed by atoms with Crippen LogP contribution >= 0.6 is 7.60 Å². The van der Waals surface area contributed by atoms with E-state index in [4.69, 9.17) is 11.3 Å². The Hall–Kier alpha value is -0.290. The Balaban J connectivity index is 3.92. The lowest BCUT2D eigenvalue weighted by molar-refractivity contribution is 0.233. The molecule has 0 radical (unpaired) electrons. The van der Waals surface area contributed by atoms with Crippen molar-refractivity contribution in [2.75, 3.05) is 6.16 Å². The molecule has 0 amide bonds. The molecule has 3 nitrogen and oxygen atoms in total. The Labute approximate surface area is 60.9 Å². The first-order chi connectivity index (χ1) is 4.52. The van der Waals surface area contributed by atoms with E-state index >= 15 is 0 Å². The maximum atomic E-state index is 10.8. The molecule has 0 bridgehead atoms. The van der Waals surface area contributed by atoms with Crippen molar-refractivity contribution in [1.29, 1.82) is 0 Å². The summed E-state index contributed by atoms with van der Waals surface area (Å²) in [7, 11) is -3.39. The molecule has 0 spiro atoms. The van der Waals surface area contributed by atoms with Crippen LogP contribution in [-0.4, -0.2) is 17.2 Å². The molecule has 2 unspecified atom stereocenters. The van der Waals surface area contributed by atoms with Crippen LogP contribution in [0.2, 0.25) is 0 Å². The summed E-state index contributed by atoms with van der Waals surface area (Å²) in [5.74, 6) is 2.20. The van der Waals surface area contributed by atoms with E-state index in [-0.39, 0.29) is 6.16 Å². The number of rotatable bonds is 3. The molecule has 1 N–H and O–H groups in total. The van der Waals surface area contributed by atoms with Crippen LogP contribution in [-0.2, 0) is 9.09 Å². The average molecular weight is 162 g/mol. The van der Waals surface area contributed by atoms with Gasteiger partial charge in [0.25, 0.3) is 0 Å². The summed E-state index contributed by atoms with van der Waals surface area (Å²) in [6, 6.07) is 0. The first-order valence-corrected chi connectivity index (χ1v) is 4.74. The van der Waals surface area contributed by atoms with Crippen molar-refractivity contribution in [3.05, 3.63) is 0 Å². The van der Waals surface area contributed by atoms with Gasteiger partial charge in [-0.2, -0.15) is 0 Å². The van der Waals surface area contributed by atoms with E-state index in [0.717, 1.165) is 0 Å². The fourth-order valence-electron chi connectivity index (χ4n) is 0.352. The van der Waals surface area contributed by atoms with Crippen molar-refractivity contribution in [3.8, 4) is 12.3 Å². The number of terminal acetylenes is 1. The predicted octanol–water partition coefficient (Wildman–Crippen LogP) is 1.23. The van der Waals surface area contributed by atoms with Gasteiger partial charge >= 0.3 is 7.60 Å².